The molecule has 6 aromatic carbocycles. The van der Waals surface area contributed by atoms with Gasteiger partial charge in [-0.3, -0.25) is 14.5 Å². The van der Waals surface area contributed by atoms with Crippen LogP contribution in [0.15, 0.2) is 216 Å². The van der Waals surface area contributed by atoms with Crippen LogP contribution in [0.3, 0.4) is 0 Å². The number of amides is 2. The van der Waals surface area contributed by atoms with E-state index in [1.807, 2.05) is 163 Å². The molecule has 1 fully saturated rings. The van der Waals surface area contributed by atoms with E-state index in [9.17, 15) is 14.7 Å². The molecule has 0 radical (unpaired) electrons. The van der Waals surface area contributed by atoms with E-state index < -0.39 is 40.3 Å². The van der Waals surface area contributed by atoms with Gasteiger partial charge in [0, 0.05) is 38.3 Å². The third-order valence-electron chi connectivity index (χ3n) is 12.0. The third kappa shape index (κ3) is 8.00. The van der Waals surface area contributed by atoms with Crippen LogP contribution in [0.25, 0.3) is 5.57 Å². The summed E-state index contributed by atoms with van der Waals surface area (Å²) in [6.45, 7) is 0. The maximum Gasteiger partial charge on any atom is 0.353 e. The molecule has 0 spiro atoms. The van der Waals surface area contributed by atoms with Gasteiger partial charge in [-0.25, -0.2) is 9.78 Å². The zero-order chi connectivity index (χ0) is 45.8. The number of thiophene rings is 1. The zero-order valence-electron chi connectivity index (χ0n) is 35.6. The highest BCUT2D eigenvalue weighted by Gasteiger charge is 2.55. The number of β-lactam (4-membered cyclic amide) rings is 1. The van der Waals surface area contributed by atoms with Crippen molar-refractivity contribution in [1.82, 2.24) is 15.2 Å². The first-order chi connectivity index (χ1) is 32.9. The van der Waals surface area contributed by atoms with Crippen molar-refractivity contribution in [3.8, 4) is 0 Å². The number of hydrogen-bond donors (Lipinski definition) is 3. The van der Waals surface area contributed by atoms with E-state index in [0.717, 1.165) is 38.3 Å². The van der Waals surface area contributed by atoms with Crippen molar-refractivity contribution in [2.75, 3.05) is 11.1 Å². The fraction of sp³-hybridized carbons (Fsp3) is 0.0926. The van der Waals surface area contributed by atoms with Crippen molar-refractivity contribution < 1.29 is 24.3 Å². The molecule has 2 amide bonds. The summed E-state index contributed by atoms with van der Waals surface area (Å²) in [4.78, 5) is 55.9. The van der Waals surface area contributed by atoms with Crippen molar-refractivity contribution in [3.05, 3.63) is 255 Å². The highest BCUT2D eigenvalue weighted by molar-refractivity contribution is 8.00. The number of carboxylic acid groups (broad SMARTS) is 1. The normalized spacial score (nSPS) is 16.1. The number of carbonyl (C=O) groups is 3. The van der Waals surface area contributed by atoms with Crippen LogP contribution in [0.5, 0.6) is 0 Å². The van der Waals surface area contributed by atoms with E-state index in [-0.39, 0.29) is 17.1 Å². The summed E-state index contributed by atoms with van der Waals surface area (Å²) in [6.07, 6.45) is 0. The lowest BCUT2D eigenvalue weighted by Crippen LogP contribution is -2.71. The van der Waals surface area contributed by atoms with Crippen LogP contribution >= 0.6 is 34.4 Å². The Kier molecular flexibility index (Phi) is 12.1. The molecule has 0 aliphatic carbocycles. The van der Waals surface area contributed by atoms with Crippen LogP contribution in [-0.2, 0) is 30.4 Å². The minimum Gasteiger partial charge on any atom is -0.477 e. The van der Waals surface area contributed by atoms with E-state index in [2.05, 4.69) is 47.0 Å². The topological polar surface area (TPSA) is 133 Å². The summed E-state index contributed by atoms with van der Waals surface area (Å²) < 4.78 is 0. The number of benzene rings is 6. The molecule has 0 saturated carbocycles. The van der Waals surface area contributed by atoms with Crippen LogP contribution in [0, 0.1) is 0 Å². The SMILES string of the molecule is O=C(O)C1=C(c2cccs2)CS[C@H]2[C@H](NC(=O)C(=NOC(c3ccccc3)(c3ccccc3)c3ccccc3)c3csc(NC(c4ccccc4)(c4ccccc4)c4ccccc4)n3)C(=O)N12. The average molecular weight is 936 g/mol. The fourth-order valence-electron chi connectivity index (χ4n) is 8.84. The molecule has 0 unspecified atom stereocenters. The maximum absolute atomic E-state index is 15.0. The number of anilines is 1. The molecule has 2 aliphatic heterocycles. The molecule has 67 heavy (non-hydrogen) atoms. The number of aliphatic carboxylic acids is 1. The summed E-state index contributed by atoms with van der Waals surface area (Å²) in [6, 6.07) is 62.1. The second-order valence-electron chi connectivity index (χ2n) is 15.8. The summed E-state index contributed by atoms with van der Waals surface area (Å²) in [5, 5.41) is 25.4. The number of nitrogens with one attached hydrogen (secondary N) is 2. The Bertz CT molecular complexity index is 2890. The average Bonchev–Trinajstić information content (AvgIpc) is 4.11. The molecular formula is C54H41N5O5S3. The molecule has 330 valence electrons. The maximum atomic E-state index is 15.0. The number of carboxylic acids is 1. The highest BCUT2D eigenvalue weighted by Crippen LogP contribution is 2.45. The van der Waals surface area contributed by atoms with Crippen molar-refractivity contribution in [2.24, 2.45) is 5.16 Å². The molecule has 0 bridgehead atoms. The number of fused-ring (bicyclic) bond motifs is 1. The van der Waals surface area contributed by atoms with Gasteiger partial charge in [0.2, 0.25) is 5.60 Å². The minimum atomic E-state index is -1.35. The minimum absolute atomic E-state index is 0.0776. The van der Waals surface area contributed by atoms with Gasteiger partial charge in [-0.2, -0.15) is 0 Å². The van der Waals surface area contributed by atoms with Crippen molar-refractivity contribution >= 4 is 68.6 Å². The summed E-state index contributed by atoms with van der Waals surface area (Å²) >= 11 is 4.11. The van der Waals surface area contributed by atoms with Crippen LogP contribution in [0.1, 0.15) is 44.0 Å². The lowest BCUT2D eigenvalue weighted by molar-refractivity contribution is -0.149. The Hall–Kier alpha value is -7.58. The Morgan fingerprint density at radius 1 is 0.657 bits per heavy atom. The molecule has 3 N–H and O–H groups in total. The Morgan fingerprint density at radius 2 is 1.13 bits per heavy atom. The summed E-state index contributed by atoms with van der Waals surface area (Å²) in [7, 11) is 0. The molecule has 4 heterocycles. The summed E-state index contributed by atoms with van der Waals surface area (Å²) in [5.74, 6) is -2.12. The first-order valence-corrected chi connectivity index (χ1v) is 24.3. The van der Waals surface area contributed by atoms with Crippen molar-refractivity contribution in [1.29, 1.82) is 0 Å². The number of thioether (sulfide) groups is 1. The van der Waals surface area contributed by atoms with E-state index in [1.165, 1.54) is 39.3 Å². The van der Waals surface area contributed by atoms with E-state index in [4.69, 9.17) is 15.0 Å². The van der Waals surface area contributed by atoms with Gasteiger partial charge >= 0.3 is 5.97 Å². The quantitative estimate of drug-likeness (QED) is 0.0401. The van der Waals surface area contributed by atoms with Crippen LogP contribution < -0.4 is 10.6 Å². The van der Waals surface area contributed by atoms with E-state index >= 15 is 4.79 Å². The Balaban J connectivity index is 1.08. The molecule has 1 saturated heterocycles. The van der Waals surface area contributed by atoms with Gasteiger partial charge in [0.1, 0.15) is 28.3 Å². The second-order valence-corrected chi connectivity index (χ2v) is 18.7. The van der Waals surface area contributed by atoms with Crippen LogP contribution in [0.4, 0.5) is 5.13 Å². The van der Waals surface area contributed by atoms with Gasteiger partial charge in [0.25, 0.3) is 11.8 Å². The van der Waals surface area contributed by atoms with Gasteiger partial charge < -0.3 is 20.6 Å². The monoisotopic (exact) mass is 935 g/mol. The molecule has 13 heteroatoms. The number of aromatic nitrogens is 1. The Morgan fingerprint density at radius 3 is 1.58 bits per heavy atom. The first-order valence-electron chi connectivity index (χ1n) is 21.5. The number of thiazole rings is 1. The lowest BCUT2D eigenvalue weighted by Gasteiger charge is -2.49. The molecule has 2 atom stereocenters. The number of nitrogens with zero attached hydrogens (tertiary/aromatic N) is 3. The van der Waals surface area contributed by atoms with Gasteiger partial charge in [0.15, 0.2) is 10.8 Å². The molecule has 2 aromatic heterocycles. The molecule has 2 aliphatic rings. The first kappa shape index (κ1) is 43.3. The molecule has 10 nitrogen and oxygen atoms in total. The zero-order valence-corrected chi connectivity index (χ0v) is 38.1. The van der Waals surface area contributed by atoms with Crippen molar-refractivity contribution in [3.63, 3.8) is 0 Å². The molecule has 10 rings (SSSR count). The third-order valence-corrected chi connectivity index (χ3v) is 14.9. The number of hydrogen-bond acceptors (Lipinski definition) is 10. The lowest BCUT2D eigenvalue weighted by atomic mass is 9.77. The van der Waals surface area contributed by atoms with Gasteiger partial charge in [-0.15, -0.1) is 34.4 Å². The standard InChI is InChI=1S/C54H41N5O5S3/c60-48(56-46-49(61)59-47(51(62)63)42(34-66-50(46)59)44-32-19-33-65-44)45(58-64-54(39-26-13-4-14-27-39,40-28-15-5-16-29-40)41-30-17-6-18-31-41)43-35-67-52(55-43)57-53(36-20-7-1-8-21-36,37-22-9-2-10-23-37)38-24-11-3-12-25-38/h1-33,35,46,50H,34H2,(H,55,57)(H,56,60)(H,62,63)/t46-,50+/m1/s1. The van der Waals surface area contributed by atoms with Crippen LogP contribution in [0.2, 0.25) is 0 Å². The number of carbonyl (C=O) groups excluding carboxylic acids is 2. The van der Waals surface area contributed by atoms with E-state index in [0.29, 0.717) is 16.5 Å². The largest absolute Gasteiger partial charge is 0.477 e. The van der Waals surface area contributed by atoms with Crippen molar-refractivity contribution in [2.45, 2.75) is 22.6 Å². The fourth-order valence-corrected chi connectivity index (χ4v) is 11.8. The second kappa shape index (κ2) is 18.7. The number of oxime groups is 1. The predicted molar refractivity (Wildman–Crippen MR) is 266 cm³/mol. The number of rotatable bonds is 15. The molecule has 8 aromatic rings. The van der Waals surface area contributed by atoms with Gasteiger partial charge in [-0.05, 0) is 28.1 Å². The molecular weight excluding hydrogens is 895 g/mol. The van der Waals surface area contributed by atoms with Gasteiger partial charge in [0.05, 0.1) is 0 Å². The summed E-state index contributed by atoms with van der Waals surface area (Å²) in [5.41, 5.74) is 3.40. The van der Waals surface area contributed by atoms with Crippen LogP contribution in [-0.4, -0.2) is 55.7 Å². The van der Waals surface area contributed by atoms with E-state index in [1.54, 1.807) is 5.38 Å². The Labute approximate surface area is 399 Å². The predicted octanol–water partition coefficient (Wildman–Crippen LogP) is 10.2. The highest BCUT2D eigenvalue weighted by atomic mass is 32.2. The van der Waals surface area contributed by atoms with Gasteiger partial charge in [-0.1, -0.05) is 193 Å². The smallest absolute Gasteiger partial charge is 0.353 e.